The molecular weight excluding hydrogens is 238 g/mol. The van der Waals surface area contributed by atoms with Crippen LogP contribution in [0.5, 0.6) is 0 Å². The third-order valence-electron chi connectivity index (χ3n) is 3.32. The first kappa shape index (κ1) is 12.5. The Morgan fingerprint density at radius 2 is 2.06 bits per heavy atom. The van der Waals surface area contributed by atoms with E-state index in [0.717, 1.165) is 0 Å². The van der Waals surface area contributed by atoms with Crippen LogP contribution in [-0.2, 0) is 19.2 Å². The van der Waals surface area contributed by atoms with Gasteiger partial charge in [-0.2, -0.15) is 0 Å². The number of rotatable bonds is 2. The Hall–Kier alpha value is -1.92. The highest BCUT2D eigenvalue weighted by Crippen LogP contribution is 2.18. The lowest BCUT2D eigenvalue weighted by atomic mass is 9.95. The van der Waals surface area contributed by atoms with Crippen molar-refractivity contribution < 1.29 is 19.2 Å². The maximum absolute atomic E-state index is 11.9. The molecule has 0 spiro atoms. The molecule has 2 N–H and O–H groups in total. The van der Waals surface area contributed by atoms with Gasteiger partial charge in [0.15, 0.2) is 0 Å². The van der Waals surface area contributed by atoms with Crippen molar-refractivity contribution in [1.82, 2.24) is 15.5 Å². The third kappa shape index (κ3) is 2.49. The molecule has 7 nitrogen and oxygen atoms in total. The van der Waals surface area contributed by atoms with E-state index >= 15 is 0 Å². The lowest BCUT2D eigenvalue weighted by Gasteiger charge is -2.28. The molecule has 2 atom stereocenters. The van der Waals surface area contributed by atoms with Crippen LogP contribution in [-0.4, -0.2) is 48.2 Å². The Bertz CT molecular complexity index is 421. The van der Waals surface area contributed by atoms with Gasteiger partial charge >= 0.3 is 0 Å². The van der Waals surface area contributed by atoms with Crippen molar-refractivity contribution in [2.45, 2.75) is 25.3 Å². The monoisotopic (exact) mass is 253 g/mol. The summed E-state index contributed by atoms with van der Waals surface area (Å²) >= 11 is 0. The van der Waals surface area contributed by atoms with Crippen LogP contribution in [0.2, 0.25) is 0 Å². The zero-order valence-corrected chi connectivity index (χ0v) is 10.1. The smallest absolute Gasteiger partial charge is 0.249 e. The normalized spacial score (nSPS) is 28.3. The Labute approximate surface area is 104 Å². The van der Waals surface area contributed by atoms with E-state index in [0.29, 0.717) is 13.0 Å². The fourth-order valence-electron chi connectivity index (χ4n) is 2.13. The third-order valence-corrected chi connectivity index (χ3v) is 3.32. The van der Waals surface area contributed by atoms with Crippen molar-refractivity contribution in [3.63, 3.8) is 0 Å². The number of hydrogen-bond donors (Lipinski definition) is 2. The van der Waals surface area contributed by atoms with Gasteiger partial charge in [0, 0.05) is 25.9 Å². The van der Waals surface area contributed by atoms with E-state index in [1.807, 2.05) is 0 Å². The van der Waals surface area contributed by atoms with Crippen molar-refractivity contribution in [2.24, 2.45) is 5.92 Å². The summed E-state index contributed by atoms with van der Waals surface area (Å²) in [5.41, 5.74) is 0. The molecule has 98 valence electrons. The summed E-state index contributed by atoms with van der Waals surface area (Å²) in [5, 5.41) is 4.64. The SMILES string of the molecule is CN1CCC(C(=O)NC2CC(=O)NC2=O)CC1=O. The molecule has 2 aliphatic heterocycles. The molecule has 0 aromatic rings. The summed E-state index contributed by atoms with van der Waals surface area (Å²) in [7, 11) is 1.69. The minimum atomic E-state index is -0.792. The average molecular weight is 253 g/mol. The van der Waals surface area contributed by atoms with Gasteiger partial charge in [0.25, 0.3) is 0 Å². The number of carbonyl (C=O) groups excluding carboxylic acids is 4. The fourth-order valence-corrected chi connectivity index (χ4v) is 2.13. The first-order valence-corrected chi connectivity index (χ1v) is 5.85. The van der Waals surface area contributed by atoms with Crippen LogP contribution in [0.4, 0.5) is 0 Å². The number of carbonyl (C=O) groups is 4. The van der Waals surface area contributed by atoms with Crippen LogP contribution in [0.1, 0.15) is 19.3 Å². The quantitative estimate of drug-likeness (QED) is 0.578. The van der Waals surface area contributed by atoms with Crippen LogP contribution in [0, 0.1) is 5.92 Å². The number of imide groups is 1. The Balaban J connectivity index is 1.90. The minimum Gasteiger partial charge on any atom is -0.346 e. The lowest BCUT2D eigenvalue weighted by molar-refractivity contribution is -0.139. The maximum atomic E-state index is 11.9. The largest absolute Gasteiger partial charge is 0.346 e. The number of nitrogens with one attached hydrogen (secondary N) is 2. The zero-order valence-electron chi connectivity index (χ0n) is 10.1. The molecule has 2 heterocycles. The standard InChI is InChI=1S/C11H15N3O4/c1-14-3-2-6(4-9(14)16)10(17)12-7-5-8(15)13-11(7)18/h6-7H,2-5H2,1H3,(H,12,17)(H,13,15,18). The lowest BCUT2D eigenvalue weighted by Crippen LogP contribution is -2.46. The van der Waals surface area contributed by atoms with Crippen LogP contribution in [0.15, 0.2) is 0 Å². The highest BCUT2D eigenvalue weighted by molar-refractivity contribution is 6.07. The molecule has 0 aromatic heterocycles. The van der Waals surface area contributed by atoms with E-state index in [2.05, 4.69) is 10.6 Å². The predicted molar refractivity (Wildman–Crippen MR) is 60.1 cm³/mol. The average Bonchev–Trinajstić information content (AvgIpc) is 2.61. The van der Waals surface area contributed by atoms with E-state index in [9.17, 15) is 19.2 Å². The molecule has 0 bridgehead atoms. The molecule has 0 aromatic carbocycles. The molecule has 18 heavy (non-hydrogen) atoms. The number of amides is 4. The van der Waals surface area contributed by atoms with Gasteiger partial charge in [-0.05, 0) is 6.42 Å². The first-order valence-electron chi connectivity index (χ1n) is 5.85. The van der Waals surface area contributed by atoms with E-state index in [4.69, 9.17) is 0 Å². The number of piperidine rings is 1. The molecule has 4 amide bonds. The van der Waals surface area contributed by atoms with Crippen molar-refractivity contribution in [3.8, 4) is 0 Å². The Morgan fingerprint density at radius 3 is 2.61 bits per heavy atom. The van der Waals surface area contributed by atoms with Crippen LogP contribution < -0.4 is 10.6 Å². The van der Waals surface area contributed by atoms with Gasteiger partial charge in [0.1, 0.15) is 6.04 Å². The molecule has 0 aliphatic carbocycles. The van der Waals surface area contributed by atoms with Crippen LogP contribution in [0.3, 0.4) is 0 Å². The second-order valence-electron chi connectivity index (χ2n) is 4.68. The molecule has 2 unspecified atom stereocenters. The first-order chi connectivity index (χ1) is 8.47. The zero-order chi connectivity index (χ0) is 13.3. The summed E-state index contributed by atoms with van der Waals surface area (Å²) in [5.74, 6) is -1.67. The van der Waals surface area contributed by atoms with Gasteiger partial charge in [-0.3, -0.25) is 24.5 Å². The molecule has 0 radical (unpaired) electrons. The molecule has 0 saturated carbocycles. The highest BCUT2D eigenvalue weighted by Gasteiger charge is 2.35. The van der Waals surface area contributed by atoms with Crippen LogP contribution >= 0.6 is 0 Å². The second kappa shape index (κ2) is 4.75. The topological polar surface area (TPSA) is 95.6 Å². The number of hydrogen-bond acceptors (Lipinski definition) is 4. The van der Waals surface area contributed by atoms with Gasteiger partial charge in [-0.25, -0.2) is 0 Å². The van der Waals surface area contributed by atoms with Crippen LogP contribution in [0.25, 0.3) is 0 Å². The van der Waals surface area contributed by atoms with Gasteiger partial charge in [0.2, 0.25) is 23.6 Å². The molecular formula is C11H15N3O4. The van der Waals surface area contributed by atoms with E-state index in [1.165, 1.54) is 0 Å². The maximum Gasteiger partial charge on any atom is 0.249 e. The summed E-state index contributed by atoms with van der Waals surface area (Å²) in [6, 6.07) is -0.792. The summed E-state index contributed by atoms with van der Waals surface area (Å²) in [6.45, 7) is 0.534. The molecule has 2 fully saturated rings. The molecule has 7 heteroatoms. The number of nitrogens with zero attached hydrogens (tertiary/aromatic N) is 1. The van der Waals surface area contributed by atoms with E-state index < -0.39 is 17.9 Å². The van der Waals surface area contributed by atoms with Gasteiger partial charge < -0.3 is 10.2 Å². The van der Waals surface area contributed by atoms with Gasteiger partial charge in [-0.15, -0.1) is 0 Å². The Morgan fingerprint density at radius 1 is 1.33 bits per heavy atom. The van der Waals surface area contributed by atoms with E-state index in [1.54, 1.807) is 11.9 Å². The highest BCUT2D eigenvalue weighted by atomic mass is 16.2. The van der Waals surface area contributed by atoms with E-state index in [-0.39, 0.29) is 30.6 Å². The molecule has 2 aliphatic rings. The van der Waals surface area contributed by atoms with Crippen molar-refractivity contribution in [2.75, 3.05) is 13.6 Å². The molecule has 2 rings (SSSR count). The molecule has 2 saturated heterocycles. The Kier molecular flexibility index (Phi) is 3.31. The van der Waals surface area contributed by atoms with Crippen molar-refractivity contribution in [3.05, 3.63) is 0 Å². The summed E-state index contributed by atoms with van der Waals surface area (Å²) in [6.07, 6.45) is 0.714. The number of likely N-dealkylation sites (tertiary alicyclic amines) is 1. The van der Waals surface area contributed by atoms with Crippen molar-refractivity contribution >= 4 is 23.6 Å². The minimum absolute atomic E-state index is 0.0227. The predicted octanol–water partition coefficient (Wildman–Crippen LogP) is -1.61. The van der Waals surface area contributed by atoms with Gasteiger partial charge in [0.05, 0.1) is 6.42 Å². The second-order valence-corrected chi connectivity index (χ2v) is 4.68. The summed E-state index contributed by atoms with van der Waals surface area (Å²) in [4.78, 5) is 47.2. The summed E-state index contributed by atoms with van der Waals surface area (Å²) < 4.78 is 0. The van der Waals surface area contributed by atoms with Gasteiger partial charge in [-0.1, -0.05) is 0 Å². The fraction of sp³-hybridized carbons (Fsp3) is 0.636. The van der Waals surface area contributed by atoms with Crippen molar-refractivity contribution in [1.29, 1.82) is 0 Å².